The Morgan fingerprint density at radius 3 is 2.74 bits per heavy atom. The molecule has 0 fully saturated rings. The third kappa shape index (κ3) is 5.72. The van der Waals surface area contributed by atoms with Crippen molar-refractivity contribution < 1.29 is 4.79 Å². The van der Waals surface area contributed by atoms with Crippen LogP contribution in [0.3, 0.4) is 0 Å². The van der Waals surface area contributed by atoms with Gasteiger partial charge in [0.1, 0.15) is 0 Å². The van der Waals surface area contributed by atoms with Crippen molar-refractivity contribution in [3.05, 3.63) is 48.8 Å². The lowest BCUT2D eigenvalue weighted by Crippen LogP contribution is -2.25. The molecule has 2 rings (SSSR count). The molecule has 2 aromatic rings. The molecule has 104 valence electrons. The molecule has 5 nitrogen and oxygen atoms in total. The molecule has 0 atom stereocenters. The lowest BCUT2D eigenvalue weighted by molar-refractivity contribution is 0.0952. The molecule has 0 saturated heterocycles. The summed E-state index contributed by atoms with van der Waals surface area (Å²) < 4.78 is 1.98. The van der Waals surface area contributed by atoms with Crippen LogP contribution in [-0.4, -0.2) is 27.0 Å². The summed E-state index contributed by atoms with van der Waals surface area (Å²) in [5, 5.41) is 2.85. The number of amides is 1. The van der Waals surface area contributed by atoms with Gasteiger partial charge in [-0.2, -0.15) is 0 Å². The third-order valence-electron chi connectivity index (χ3n) is 2.36. The molecular formula is C12H16Cl2N4O. The minimum atomic E-state index is -0.0799. The molecule has 0 unspecified atom stereocenters. The molecule has 0 aliphatic heterocycles. The van der Waals surface area contributed by atoms with E-state index in [1.807, 2.05) is 10.8 Å². The van der Waals surface area contributed by atoms with E-state index in [1.165, 1.54) is 0 Å². The highest BCUT2D eigenvalue weighted by atomic mass is 35.5. The van der Waals surface area contributed by atoms with Crippen molar-refractivity contribution in [3.63, 3.8) is 0 Å². The van der Waals surface area contributed by atoms with E-state index in [0.29, 0.717) is 12.1 Å². The quantitative estimate of drug-likeness (QED) is 0.859. The molecule has 0 aliphatic rings. The normalized spacial score (nSPS) is 9.05. The van der Waals surface area contributed by atoms with Gasteiger partial charge in [0.25, 0.3) is 5.91 Å². The molecule has 1 N–H and O–H groups in total. The fourth-order valence-electron chi connectivity index (χ4n) is 1.48. The molecule has 0 bridgehead atoms. The number of nitrogens with one attached hydrogen (secondary N) is 1. The van der Waals surface area contributed by atoms with Crippen molar-refractivity contribution in [2.75, 3.05) is 6.54 Å². The third-order valence-corrected chi connectivity index (χ3v) is 2.36. The average molecular weight is 303 g/mol. The number of hydrogen-bond acceptors (Lipinski definition) is 3. The monoisotopic (exact) mass is 302 g/mol. The van der Waals surface area contributed by atoms with Crippen molar-refractivity contribution in [1.82, 2.24) is 19.9 Å². The van der Waals surface area contributed by atoms with Crippen LogP contribution in [0.1, 0.15) is 16.8 Å². The van der Waals surface area contributed by atoms with E-state index >= 15 is 0 Å². The van der Waals surface area contributed by atoms with Crippen molar-refractivity contribution in [2.45, 2.75) is 13.0 Å². The summed E-state index contributed by atoms with van der Waals surface area (Å²) >= 11 is 0. The number of imidazole rings is 1. The number of rotatable bonds is 5. The maximum Gasteiger partial charge on any atom is 0.252 e. The zero-order valence-corrected chi connectivity index (χ0v) is 11.9. The van der Waals surface area contributed by atoms with Crippen molar-refractivity contribution in [2.24, 2.45) is 0 Å². The Labute approximate surface area is 124 Å². The lowest BCUT2D eigenvalue weighted by Gasteiger charge is -2.05. The molecule has 19 heavy (non-hydrogen) atoms. The van der Waals surface area contributed by atoms with E-state index < -0.39 is 0 Å². The Morgan fingerprint density at radius 2 is 2.11 bits per heavy atom. The topological polar surface area (TPSA) is 59.8 Å². The fourth-order valence-corrected chi connectivity index (χ4v) is 1.48. The van der Waals surface area contributed by atoms with Crippen LogP contribution in [0.4, 0.5) is 0 Å². The van der Waals surface area contributed by atoms with Crippen LogP contribution in [0.2, 0.25) is 0 Å². The molecule has 0 radical (unpaired) electrons. The standard InChI is InChI=1S/C12H14N4O.2ClH/c17-12(11-3-1-4-13-9-11)15-5-2-7-16-8-6-14-10-16;;/h1,3-4,6,8-10H,2,5,7H2,(H,15,17);2*1H. The van der Waals surface area contributed by atoms with Gasteiger partial charge in [0.05, 0.1) is 11.9 Å². The van der Waals surface area contributed by atoms with E-state index in [9.17, 15) is 4.79 Å². The van der Waals surface area contributed by atoms with Crippen LogP contribution < -0.4 is 5.32 Å². The first kappa shape index (κ1) is 17.4. The number of nitrogens with zero attached hydrogens (tertiary/aromatic N) is 3. The smallest absolute Gasteiger partial charge is 0.252 e. The zero-order chi connectivity index (χ0) is 11.9. The van der Waals surface area contributed by atoms with Gasteiger partial charge in [0.15, 0.2) is 0 Å². The van der Waals surface area contributed by atoms with Gasteiger partial charge in [-0.1, -0.05) is 0 Å². The number of carbonyl (C=O) groups excluding carboxylic acids is 1. The molecule has 0 aromatic carbocycles. The minimum Gasteiger partial charge on any atom is -0.352 e. The summed E-state index contributed by atoms with van der Waals surface area (Å²) in [6.07, 6.45) is 9.50. The highest BCUT2D eigenvalue weighted by Crippen LogP contribution is 1.95. The van der Waals surface area contributed by atoms with E-state index in [2.05, 4.69) is 15.3 Å². The van der Waals surface area contributed by atoms with Gasteiger partial charge in [-0.05, 0) is 18.6 Å². The van der Waals surface area contributed by atoms with Gasteiger partial charge in [-0.3, -0.25) is 9.78 Å². The second-order valence-electron chi connectivity index (χ2n) is 3.65. The van der Waals surface area contributed by atoms with Crippen molar-refractivity contribution in [1.29, 1.82) is 0 Å². The van der Waals surface area contributed by atoms with E-state index in [4.69, 9.17) is 0 Å². The maximum absolute atomic E-state index is 11.6. The minimum absolute atomic E-state index is 0. The number of halogens is 2. The highest BCUT2D eigenvalue weighted by molar-refractivity contribution is 5.93. The number of pyridine rings is 1. The molecule has 7 heteroatoms. The summed E-state index contributed by atoms with van der Waals surface area (Å²) in [5.41, 5.74) is 0.593. The SMILES string of the molecule is Cl.Cl.O=C(NCCCn1ccnc1)c1cccnc1. The Balaban J connectivity index is 0.00000162. The summed E-state index contributed by atoms with van der Waals surface area (Å²) in [6, 6.07) is 3.50. The first-order chi connectivity index (χ1) is 8.36. The van der Waals surface area contributed by atoms with E-state index in [1.54, 1.807) is 37.1 Å². The zero-order valence-electron chi connectivity index (χ0n) is 10.2. The highest BCUT2D eigenvalue weighted by Gasteiger charge is 2.03. The summed E-state index contributed by atoms with van der Waals surface area (Å²) in [7, 11) is 0. The first-order valence-electron chi connectivity index (χ1n) is 5.50. The van der Waals surface area contributed by atoms with Crippen molar-refractivity contribution >= 4 is 30.7 Å². The van der Waals surface area contributed by atoms with Gasteiger partial charge >= 0.3 is 0 Å². The molecule has 1 amide bonds. The van der Waals surface area contributed by atoms with Gasteiger partial charge in [-0.25, -0.2) is 4.98 Å². The molecule has 2 heterocycles. The van der Waals surface area contributed by atoms with Crippen LogP contribution in [0, 0.1) is 0 Å². The van der Waals surface area contributed by atoms with Crippen LogP contribution in [-0.2, 0) is 6.54 Å². The van der Waals surface area contributed by atoms with Gasteiger partial charge < -0.3 is 9.88 Å². The largest absolute Gasteiger partial charge is 0.352 e. The number of hydrogen-bond donors (Lipinski definition) is 1. The first-order valence-corrected chi connectivity index (χ1v) is 5.50. The van der Waals surface area contributed by atoms with Gasteiger partial charge in [-0.15, -0.1) is 24.8 Å². The Morgan fingerprint density at radius 1 is 1.26 bits per heavy atom. The van der Waals surface area contributed by atoms with Crippen LogP contribution in [0.25, 0.3) is 0 Å². The molecule has 0 spiro atoms. The second kappa shape index (κ2) is 9.35. The maximum atomic E-state index is 11.6. The Kier molecular flexibility index (Phi) is 8.57. The summed E-state index contributed by atoms with van der Waals surface area (Å²) in [5.74, 6) is -0.0799. The van der Waals surface area contributed by atoms with E-state index in [0.717, 1.165) is 13.0 Å². The Bertz CT molecular complexity index is 462. The molecule has 0 saturated carbocycles. The average Bonchev–Trinajstić information content (AvgIpc) is 2.88. The second-order valence-corrected chi connectivity index (χ2v) is 3.65. The number of aromatic nitrogens is 3. The van der Waals surface area contributed by atoms with Gasteiger partial charge in [0.2, 0.25) is 0 Å². The van der Waals surface area contributed by atoms with Crippen molar-refractivity contribution in [3.8, 4) is 0 Å². The van der Waals surface area contributed by atoms with Gasteiger partial charge in [0, 0.05) is 37.9 Å². The van der Waals surface area contributed by atoms with E-state index in [-0.39, 0.29) is 30.7 Å². The fraction of sp³-hybridized carbons (Fsp3) is 0.250. The van der Waals surface area contributed by atoms with Crippen LogP contribution in [0.5, 0.6) is 0 Å². The number of carbonyl (C=O) groups is 1. The number of aryl methyl sites for hydroxylation is 1. The predicted octanol–water partition coefficient (Wildman–Crippen LogP) is 1.94. The van der Waals surface area contributed by atoms with Crippen LogP contribution in [0.15, 0.2) is 43.2 Å². The molecule has 0 aliphatic carbocycles. The molecular weight excluding hydrogens is 287 g/mol. The molecule has 2 aromatic heterocycles. The predicted molar refractivity (Wildman–Crippen MR) is 77.9 cm³/mol. The summed E-state index contributed by atoms with van der Waals surface area (Å²) in [4.78, 5) is 19.5. The van der Waals surface area contributed by atoms with Crippen LogP contribution >= 0.6 is 24.8 Å². The lowest BCUT2D eigenvalue weighted by atomic mass is 10.2. The summed E-state index contributed by atoms with van der Waals surface area (Å²) in [6.45, 7) is 1.50. The Hall–Kier alpha value is -1.59.